The van der Waals surface area contributed by atoms with Crippen molar-refractivity contribution in [3.8, 4) is 28.1 Å². The lowest BCUT2D eigenvalue weighted by Gasteiger charge is -2.20. The third-order valence-electron chi connectivity index (χ3n) is 4.91. The Balaban J connectivity index is 1.69. The van der Waals surface area contributed by atoms with E-state index in [1.807, 2.05) is 13.1 Å². The van der Waals surface area contributed by atoms with Gasteiger partial charge in [0.25, 0.3) is 0 Å². The number of hydrogen-bond donors (Lipinski definition) is 1. The summed E-state index contributed by atoms with van der Waals surface area (Å²) in [5.74, 6) is -0.110. The predicted octanol–water partition coefficient (Wildman–Crippen LogP) is 5.15. The molecule has 0 fully saturated rings. The Kier molecular flexibility index (Phi) is 5.18. The molecule has 2 aromatic carbocycles. The van der Waals surface area contributed by atoms with Gasteiger partial charge in [0.1, 0.15) is 17.7 Å². The quantitative estimate of drug-likeness (QED) is 0.498. The van der Waals surface area contributed by atoms with E-state index in [0.717, 1.165) is 22.4 Å². The summed E-state index contributed by atoms with van der Waals surface area (Å²) < 4.78 is 35.2. The van der Waals surface area contributed by atoms with Gasteiger partial charge in [-0.2, -0.15) is 5.10 Å². The molecule has 0 aliphatic heterocycles. The van der Waals surface area contributed by atoms with Gasteiger partial charge in [0.15, 0.2) is 11.6 Å². The SMILES string of the molecule is C[C@@H](Oc1cc(-c2ccnn2C)cnc1N)c1cc(F)ccc1-c1ccc(F)cc1. The van der Waals surface area contributed by atoms with E-state index in [9.17, 15) is 8.78 Å². The Hall–Kier alpha value is -3.74. The highest BCUT2D eigenvalue weighted by atomic mass is 19.1. The molecule has 0 unspecified atom stereocenters. The van der Waals surface area contributed by atoms with Crippen LogP contribution in [0.4, 0.5) is 14.6 Å². The number of pyridine rings is 1. The van der Waals surface area contributed by atoms with Gasteiger partial charge >= 0.3 is 0 Å². The maximum Gasteiger partial charge on any atom is 0.166 e. The topological polar surface area (TPSA) is 66.0 Å². The van der Waals surface area contributed by atoms with Crippen LogP contribution in [0.25, 0.3) is 22.4 Å². The van der Waals surface area contributed by atoms with Crippen molar-refractivity contribution in [3.63, 3.8) is 0 Å². The highest BCUT2D eigenvalue weighted by Crippen LogP contribution is 2.34. The van der Waals surface area contributed by atoms with E-state index in [2.05, 4.69) is 10.1 Å². The van der Waals surface area contributed by atoms with Crippen molar-refractivity contribution in [2.24, 2.45) is 7.05 Å². The lowest BCUT2D eigenvalue weighted by Crippen LogP contribution is -2.08. The second-order valence-corrected chi connectivity index (χ2v) is 6.95. The maximum absolute atomic E-state index is 14.0. The Morgan fingerprint density at radius 3 is 2.40 bits per heavy atom. The third-order valence-corrected chi connectivity index (χ3v) is 4.91. The van der Waals surface area contributed by atoms with E-state index in [4.69, 9.17) is 10.5 Å². The first-order valence-electron chi connectivity index (χ1n) is 9.38. The van der Waals surface area contributed by atoms with Crippen LogP contribution in [-0.2, 0) is 7.05 Å². The fourth-order valence-corrected chi connectivity index (χ4v) is 3.36. The Morgan fingerprint density at radius 2 is 1.70 bits per heavy atom. The minimum Gasteiger partial charge on any atom is -0.482 e. The number of benzene rings is 2. The summed E-state index contributed by atoms with van der Waals surface area (Å²) in [5.41, 5.74) is 9.81. The average Bonchev–Trinajstić information content (AvgIpc) is 3.16. The standard InChI is InChI=1S/C23H20F2N4O/c1-14(20-12-18(25)7-8-19(20)15-3-5-17(24)6-4-15)30-22-11-16(13-27-23(22)26)21-9-10-28-29(21)2/h3-14H,1-2H3,(H2,26,27)/t14-/m1/s1. The van der Waals surface area contributed by atoms with Crippen molar-refractivity contribution in [3.05, 3.63) is 84.2 Å². The van der Waals surface area contributed by atoms with Crippen LogP contribution in [0.5, 0.6) is 5.75 Å². The Labute approximate surface area is 172 Å². The van der Waals surface area contributed by atoms with E-state index in [0.29, 0.717) is 11.3 Å². The number of nitrogen functional groups attached to an aromatic ring is 1. The van der Waals surface area contributed by atoms with Crippen LogP contribution in [0.2, 0.25) is 0 Å². The largest absolute Gasteiger partial charge is 0.482 e. The third kappa shape index (κ3) is 3.87. The molecule has 30 heavy (non-hydrogen) atoms. The normalized spacial score (nSPS) is 12.0. The summed E-state index contributed by atoms with van der Waals surface area (Å²) in [7, 11) is 1.83. The molecule has 0 aliphatic carbocycles. The number of anilines is 1. The first-order valence-corrected chi connectivity index (χ1v) is 9.38. The Morgan fingerprint density at radius 1 is 0.967 bits per heavy atom. The molecular formula is C23H20F2N4O. The molecule has 7 heteroatoms. The zero-order valence-electron chi connectivity index (χ0n) is 16.5. The van der Waals surface area contributed by atoms with Crippen molar-refractivity contribution in [2.45, 2.75) is 13.0 Å². The smallest absolute Gasteiger partial charge is 0.166 e. The van der Waals surface area contributed by atoms with Crippen molar-refractivity contribution < 1.29 is 13.5 Å². The highest BCUT2D eigenvalue weighted by molar-refractivity contribution is 5.68. The van der Waals surface area contributed by atoms with Gasteiger partial charge in [0.2, 0.25) is 0 Å². The van der Waals surface area contributed by atoms with Gasteiger partial charge in [0, 0.05) is 30.6 Å². The number of nitrogens with two attached hydrogens (primary N) is 1. The van der Waals surface area contributed by atoms with E-state index >= 15 is 0 Å². The van der Waals surface area contributed by atoms with Gasteiger partial charge in [-0.25, -0.2) is 13.8 Å². The number of aryl methyl sites for hydroxylation is 1. The van der Waals surface area contributed by atoms with Crippen LogP contribution in [0.1, 0.15) is 18.6 Å². The minimum absolute atomic E-state index is 0.229. The lowest BCUT2D eigenvalue weighted by molar-refractivity contribution is 0.228. The van der Waals surface area contributed by atoms with Gasteiger partial charge in [-0.3, -0.25) is 4.68 Å². The minimum atomic E-state index is -0.536. The van der Waals surface area contributed by atoms with Crippen molar-refractivity contribution in [2.75, 3.05) is 5.73 Å². The summed E-state index contributed by atoms with van der Waals surface area (Å²) in [5, 5.41) is 4.16. The predicted molar refractivity (Wildman–Crippen MR) is 112 cm³/mol. The molecule has 4 rings (SSSR count). The van der Waals surface area contributed by atoms with Crippen LogP contribution in [0.15, 0.2) is 67.0 Å². The number of hydrogen-bond acceptors (Lipinski definition) is 4. The monoisotopic (exact) mass is 406 g/mol. The molecule has 0 saturated heterocycles. The molecule has 1 atom stereocenters. The van der Waals surface area contributed by atoms with Gasteiger partial charge in [-0.1, -0.05) is 18.2 Å². The number of aromatic nitrogens is 3. The molecule has 5 nitrogen and oxygen atoms in total. The second-order valence-electron chi connectivity index (χ2n) is 6.95. The van der Waals surface area contributed by atoms with E-state index in [-0.39, 0.29) is 17.5 Å². The fraction of sp³-hybridized carbons (Fsp3) is 0.130. The zero-order valence-corrected chi connectivity index (χ0v) is 16.5. The van der Waals surface area contributed by atoms with E-state index < -0.39 is 6.10 Å². The number of nitrogens with zero attached hydrogens (tertiary/aromatic N) is 3. The summed E-state index contributed by atoms with van der Waals surface area (Å²) >= 11 is 0. The zero-order chi connectivity index (χ0) is 21.3. The average molecular weight is 406 g/mol. The molecule has 2 aromatic heterocycles. The van der Waals surface area contributed by atoms with Gasteiger partial charge in [0.05, 0.1) is 5.69 Å². The first-order chi connectivity index (χ1) is 14.4. The van der Waals surface area contributed by atoms with Crippen LogP contribution in [-0.4, -0.2) is 14.8 Å². The van der Waals surface area contributed by atoms with Crippen LogP contribution in [0.3, 0.4) is 0 Å². The molecular weight excluding hydrogens is 386 g/mol. The molecule has 0 bridgehead atoms. The molecule has 2 N–H and O–H groups in total. The molecule has 0 radical (unpaired) electrons. The van der Waals surface area contributed by atoms with Crippen molar-refractivity contribution in [1.29, 1.82) is 0 Å². The maximum atomic E-state index is 14.0. The molecule has 0 spiro atoms. The molecule has 0 aliphatic rings. The highest BCUT2D eigenvalue weighted by Gasteiger charge is 2.17. The van der Waals surface area contributed by atoms with Gasteiger partial charge < -0.3 is 10.5 Å². The summed E-state index contributed by atoms with van der Waals surface area (Å²) in [6.07, 6.45) is 2.80. The molecule has 0 amide bonds. The molecule has 152 valence electrons. The summed E-state index contributed by atoms with van der Waals surface area (Å²) in [6, 6.07) is 14.1. The summed E-state index contributed by atoms with van der Waals surface area (Å²) in [6.45, 7) is 1.80. The molecule has 0 saturated carbocycles. The van der Waals surface area contributed by atoms with Gasteiger partial charge in [-0.15, -0.1) is 0 Å². The van der Waals surface area contributed by atoms with E-state index in [1.54, 1.807) is 48.3 Å². The fourth-order valence-electron chi connectivity index (χ4n) is 3.36. The van der Waals surface area contributed by atoms with Crippen LogP contribution < -0.4 is 10.5 Å². The van der Waals surface area contributed by atoms with Crippen LogP contribution in [0, 0.1) is 11.6 Å². The van der Waals surface area contributed by atoms with Crippen LogP contribution >= 0.6 is 0 Å². The molecule has 4 aromatic rings. The number of halogens is 2. The number of ether oxygens (including phenoxy) is 1. The van der Waals surface area contributed by atoms with E-state index in [1.165, 1.54) is 24.3 Å². The summed E-state index contributed by atoms with van der Waals surface area (Å²) in [4.78, 5) is 4.23. The first kappa shape index (κ1) is 19.6. The number of rotatable bonds is 5. The van der Waals surface area contributed by atoms with Gasteiger partial charge in [-0.05, 0) is 54.4 Å². The Bertz CT molecular complexity index is 1190. The van der Waals surface area contributed by atoms with Crippen molar-refractivity contribution >= 4 is 5.82 Å². The second kappa shape index (κ2) is 7.94. The van der Waals surface area contributed by atoms with Crippen molar-refractivity contribution in [1.82, 2.24) is 14.8 Å². The lowest BCUT2D eigenvalue weighted by atomic mass is 9.96. The molecule has 2 heterocycles.